The molecule has 0 aliphatic rings. The van der Waals surface area contributed by atoms with Gasteiger partial charge in [0.15, 0.2) is 0 Å². The van der Waals surface area contributed by atoms with Crippen molar-refractivity contribution < 1.29 is 14.7 Å². The lowest BCUT2D eigenvalue weighted by Gasteiger charge is -2.05. The summed E-state index contributed by atoms with van der Waals surface area (Å²) in [6.45, 7) is -0.406. The Balaban J connectivity index is 2.62. The zero-order valence-electron chi connectivity index (χ0n) is 8.17. The van der Waals surface area contributed by atoms with Crippen molar-refractivity contribution in [2.75, 3.05) is 6.54 Å². The van der Waals surface area contributed by atoms with Crippen LogP contribution in [0.2, 0.25) is 10.0 Å². The number of aliphatic carboxylic acids is 1. The summed E-state index contributed by atoms with van der Waals surface area (Å²) in [5, 5.41) is 11.5. The van der Waals surface area contributed by atoms with Crippen LogP contribution in [0.25, 0.3) is 0 Å². The van der Waals surface area contributed by atoms with Gasteiger partial charge in [-0.2, -0.15) is 0 Å². The van der Waals surface area contributed by atoms with Gasteiger partial charge in [0.25, 0.3) is 0 Å². The number of carboxylic acids is 1. The summed E-state index contributed by atoms with van der Waals surface area (Å²) in [5.74, 6) is -1.50. The maximum Gasteiger partial charge on any atom is 0.322 e. The first kappa shape index (κ1) is 12.8. The number of benzene rings is 1. The van der Waals surface area contributed by atoms with Crippen LogP contribution in [0.3, 0.4) is 0 Å². The number of rotatable bonds is 4. The van der Waals surface area contributed by atoms with E-state index in [0.717, 1.165) is 0 Å². The standard InChI is InChI=1S/C10H9Cl2NO3/c11-7-1-2-8(12)6(3-7)4-9(14)13-5-10(15)16/h1-3H,4-5H2,(H,13,14)(H,15,16). The number of carbonyl (C=O) groups is 2. The highest BCUT2D eigenvalue weighted by molar-refractivity contribution is 6.33. The van der Waals surface area contributed by atoms with Gasteiger partial charge in [0.1, 0.15) is 6.54 Å². The second-order valence-electron chi connectivity index (χ2n) is 3.08. The van der Waals surface area contributed by atoms with E-state index < -0.39 is 18.4 Å². The zero-order valence-corrected chi connectivity index (χ0v) is 9.68. The molecule has 1 aromatic rings. The monoisotopic (exact) mass is 261 g/mol. The minimum absolute atomic E-state index is 0.00662. The van der Waals surface area contributed by atoms with Crippen LogP contribution in [0.5, 0.6) is 0 Å². The van der Waals surface area contributed by atoms with Crippen molar-refractivity contribution in [1.82, 2.24) is 5.32 Å². The Kier molecular flexibility index (Phi) is 4.58. The molecule has 1 amide bonds. The molecule has 1 aromatic carbocycles. The first-order valence-corrected chi connectivity index (χ1v) is 5.17. The number of carbonyl (C=O) groups excluding carboxylic acids is 1. The van der Waals surface area contributed by atoms with Gasteiger partial charge in [0.05, 0.1) is 6.42 Å². The van der Waals surface area contributed by atoms with E-state index in [-0.39, 0.29) is 6.42 Å². The largest absolute Gasteiger partial charge is 0.480 e. The van der Waals surface area contributed by atoms with E-state index in [1.54, 1.807) is 18.2 Å². The summed E-state index contributed by atoms with van der Waals surface area (Å²) in [5.41, 5.74) is 0.567. The lowest BCUT2D eigenvalue weighted by Crippen LogP contribution is -2.30. The number of nitrogens with one attached hydrogen (secondary N) is 1. The van der Waals surface area contributed by atoms with Crippen LogP contribution in [-0.4, -0.2) is 23.5 Å². The Hall–Kier alpha value is -1.26. The van der Waals surface area contributed by atoms with E-state index in [4.69, 9.17) is 28.3 Å². The van der Waals surface area contributed by atoms with Crippen molar-refractivity contribution in [3.05, 3.63) is 33.8 Å². The highest BCUT2D eigenvalue weighted by Crippen LogP contribution is 2.20. The van der Waals surface area contributed by atoms with Crippen molar-refractivity contribution in [3.63, 3.8) is 0 Å². The molecule has 0 bridgehead atoms. The molecule has 2 N–H and O–H groups in total. The minimum atomic E-state index is -1.09. The molecule has 0 unspecified atom stereocenters. The van der Waals surface area contributed by atoms with Gasteiger partial charge in [0.2, 0.25) is 5.91 Å². The summed E-state index contributed by atoms with van der Waals surface area (Å²) < 4.78 is 0. The van der Waals surface area contributed by atoms with Gasteiger partial charge in [-0.1, -0.05) is 23.2 Å². The van der Waals surface area contributed by atoms with Crippen molar-refractivity contribution in [1.29, 1.82) is 0 Å². The first-order valence-electron chi connectivity index (χ1n) is 4.41. The number of amides is 1. The highest BCUT2D eigenvalue weighted by atomic mass is 35.5. The van der Waals surface area contributed by atoms with Crippen LogP contribution >= 0.6 is 23.2 Å². The highest BCUT2D eigenvalue weighted by Gasteiger charge is 2.08. The molecule has 16 heavy (non-hydrogen) atoms. The van der Waals surface area contributed by atoms with Crippen LogP contribution in [0.4, 0.5) is 0 Å². The molecule has 0 saturated carbocycles. The SMILES string of the molecule is O=C(O)CNC(=O)Cc1cc(Cl)ccc1Cl. The first-order chi connectivity index (χ1) is 7.49. The molecule has 86 valence electrons. The molecule has 0 saturated heterocycles. The zero-order chi connectivity index (χ0) is 12.1. The maximum absolute atomic E-state index is 11.3. The Bertz CT molecular complexity index is 421. The van der Waals surface area contributed by atoms with E-state index >= 15 is 0 Å². The van der Waals surface area contributed by atoms with Crippen LogP contribution < -0.4 is 5.32 Å². The van der Waals surface area contributed by atoms with E-state index in [0.29, 0.717) is 15.6 Å². The third kappa shape index (κ3) is 4.08. The molecule has 0 heterocycles. The van der Waals surface area contributed by atoms with Crippen LogP contribution in [0.15, 0.2) is 18.2 Å². The van der Waals surface area contributed by atoms with E-state index in [9.17, 15) is 9.59 Å². The third-order valence-corrected chi connectivity index (χ3v) is 2.40. The van der Waals surface area contributed by atoms with Crippen molar-refractivity contribution in [3.8, 4) is 0 Å². The van der Waals surface area contributed by atoms with Gasteiger partial charge >= 0.3 is 5.97 Å². The molecule has 0 aromatic heterocycles. The summed E-state index contributed by atoms with van der Waals surface area (Å²) in [4.78, 5) is 21.5. The van der Waals surface area contributed by atoms with Crippen LogP contribution in [0, 0.1) is 0 Å². The quantitative estimate of drug-likeness (QED) is 0.868. The van der Waals surface area contributed by atoms with Crippen molar-refractivity contribution >= 4 is 35.1 Å². The topological polar surface area (TPSA) is 66.4 Å². The lowest BCUT2D eigenvalue weighted by molar-refractivity contribution is -0.137. The third-order valence-electron chi connectivity index (χ3n) is 1.80. The van der Waals surface area contributed by atoms with Gasteiger partial charge in [-0.05, 0) is 23.8 Å². The van der Waals surface area contributed by atoms with E-state index in [1.165, 1.54) is 0 Å². The fourth-order valence-electron chi connectivity index (χ4n) is 1.09. The molecule has 1 rings (SSSR count). The minimum Gasteiger partial charge on any atom is -0.480 e. The molecule has 6 heteroatoms. The Morgan fingerprint density at radius 2 is 2.00 bits per heavy atom. The number of carboxylic acid groups (broad SMARTS) is 1. The maximum atomic E-state index is 11.3. The van der Waals surface area contributed by atoms with Crippen molar-refractivity contribution in [2.45, 2.75) is 6.42 Å². The Labute approximate surface area is 102 Å². The molecule has 0 aliphatic heterocycles. The lowest BCUT2D eigenvalue weighted by atomic mass is 10.1. The molecule has 4 nitrogen and oxygen atoms in total. The van der Waals surface area contributed by atoms with Gasteiger partial charge in [0, 0.05) is 10.0 Å². The Morgan fingerprint density at radius 1 is 1.31 bits per heavy atom. The normalized spacial score (nSPS) is 9.88. The second kappa shape index (κ2) is 5.72. The van der Waals surface area contributed by atoms with Gasteiger partial charge in [-0.15, -0.1) is 0 Å². The molecule has 0 aliphatic carbocycles. The predicted octanol–water partition coefficient (Wildman–Crippen LogP) is 1.74. The van der Waals surface area contributed by atoms with Crippen LogP contribution in [0.1, 0.15) is 5.56 Å². The van der Waals surface area contributed by atoms with E-state index in [2.05, 4.69) is 5.32 Å². The smallest absolute Gasteiger partial charge is 0.322 e. The molecule has 0 radical (unpaired) electrons. The molecular weight excluding hydrogens is 253 g/mol. The average molecular weight is 262 g/mol. The molecule has 0 atom stereocenters. The van der Waals surface area contributed by atoms with Crippen LogP contribution in [-0.2, 0) is 16.0 Å². The summed E-state index contributed by atoms with van der Waals surface area (Å²) in [7, 11) is 0. The predicted molar refractivity (Wildman–Crippen MR) is 60.8 cm³/mol. The molecule has 0 fully saturated rings. The second-order valence-corrected chi connectivity index (χ2v) is 3.93. The van der Waals surface area contributed by atoms with Gasteiger partial charge < -0.3 is 10.4 Å². The number of hydrogen-bond donors (Lipinski definition) is 2. The fraction of sp³-hybridized carbons (Fsp3) is 0.200. The number of hydrogen-bond acceptors (Lipinski definition) is 2. The molecule has 0 spiro atoms. The summed E-state index contributed by atoms with van der Waals surface area (Å²) in [6.07, 6.45) is 0.00662. The van der Waals surface area contributed by atoms with Crippen molar-refractivity contribution in [2.24, 2.45) is 0 Å². The van der Waals surface area contributed by atoms with Gasteiger partial charge in [-0.3, -0.25) is 9.59 Å². The van der Waals surface area contributed by atoms with Gasteiger partial charge in [-0.25, -0.2) is 0 Å². The molecular formula is C10H9Cl2NO3. The average Bonchev–Trinajstić information content (AvgIpc) is 2.20. The van der Waals surface area contributed by atoms with E-state index in [1.807, 2.05) is 0 Å². The summed E-state index contributed by atoms with van der Waals surface area (Å²) >= 11 is 11.6. The Morgan fingerprint density at radius 3 is 2.62 bits per heavy atom. The number of halogens is 2. The fourth-order valence-corrected chi connectivity index (χ4v) is 1.47. The summed E-state index contributed by atoms with van der Waals surface area (Å²) in [6, 6.07) is 4.77.